The summed E-state index contributed by atoms with van der Waals surface area (Å²) in [5.74, 6) is 0.257. The number of rotatable bonds is 11. The summed E-state index contributed by atoms with van der Waals surface area (Å²) in [5, 5.41) is 61.5. The average Bonchev–Trinajstić information content (AvgIpc) is 2.88. The maximum atomic E-state index is 12.9. The molecule has 37 heavy (non-hydrogen) atoms. The van der Waals surface area contributed by atoms with Gasteiger partial charge in [-0.3, -0.25) is 0 Å². The van der Waals surface area contributed by atoms with E-state index in [1.165, 1.54) is 0 Å². The van der Waals surface area contributed by atoms with Gasteiger partial charge in [0.15, 0.2) is 0 Å². The Kier molecular flexibility index (Phi) is 9.08. The SMILES string of the molecule is Cc1ccccc1OP(O)(OC(O)[C@H](O)[C@@H](O)[C@H](O)[C@H](O)CO)(c1ccccc1C)c1ccccc1C. The van der Waals surface area contributed by atoms with Gasteiger partial charge < -0.3 is 0 Å². The predicted molar refractivity (Wildman–Crippen MR) is 141 cm³/mol. The molecule has 0 saturated carbocycles. The van der Waals surface area contributed by atoms with Crippen LogP contribution in [0.5, 0.6) is 5.75 Å². The molecule has 0 aliphatic heterocycles. The van der Waals surface area contributed by atoms with Gasteiger partial charge in [-0.05, 0) is 0 Å². The van der Waals surface area contributed by atoms with Gasteiger partial charge in [-0.25, -0.2) is 0 Å². The monoisotopic (exact) mass is 534 g/mol. The molecule has 10 heteroatoms. The van der Waals surface area contributed by atoms with E-state index in [-0.39, 0.29) is 16.4 Å². The first kappa shape index (κ1) is 29.1. The van der Waals surface area contributed by atoms with Crippen molar-refractivity contribution in [1.82, 2.24) is 0 Å². The van der Waals surface area contributed by atoms with Gasteiger partial charge in [-0.15, -0.1) is 0 Å². The van der Waals surface area contributed by atoms with Crippen LogP contribution in [0.2, 0.25) is 0 Å². The van der Waals surface area contributed by atoms with Crippen LogP contribution in [0.25, 0.3) is 0 Å². The van der Waals surface area contributed by atoms with E-state index in [1.807, 2.05) is 0 Å². The molecule has 0 fully saturated rings. The molecule has 0 aliphatic carbocycles. The summed E-state index contributed by atoms with van der Waals surface area (Å²) < 4.78 is 12.5. The first-order chi connectivity index (χ1) is 17.4. The molecule has 1 unspecified atom stereocenters. The fourth-order valence-electron chi connectivity index (χ4n) is 4.19. The van der Waals surface area contributed by atoms with Crippen molar-refractivity contribution < 1.29 is 44.6 Å². The van der Waals surface area contributed by atoms with E-state index >= 15 is 0 Å². The Morgan fingerprint density at radius 2 is 1.11 bits per heavy atom. The molecule has 0 bridgehead atoms. The summed E-state index contributed by atoms with van der Waals surface area (Å²) in [6, 6.07) is 20.4. The molecule has 9 nitrogen and oxygen atoms in total. The van der Waals surface area contributed by atoms with Crippen LogP contribution in [-0.2, 0) is 4.52 Å². The molecular formula is C27H35O9P. The normalized spacial score (nSPS) is 17.2. The number of aliphatic hydroxyl groups excluding tert-OH is 6. The van der Waals surface area contributed by atoms with Crippen molar-refractivity contribution in [2.75, 3.05) is 6.61 Å². The van der Waals surface area contributed by atoms with E-state index in [1.54, 1.807) is 93.6 Å². The van der Waals surface area contributed by atoms with Crippen LogP contribution >= 0.6 is 7.28 Å². The van der Waals surface area contributed by atoms with Gasteiger partial charge in [0, 0.05) is 0 Å². The molecule has 3 rings (SSSR count). The number of aliphatic hydroxyl groups is 6. The summed E-state index contributed by atoms with van der Waals surface area (Å²) in [4.78, 5) is 12.9. The fourth-order valence-corrected chi connectivity index (χ4v) is 8.10. The van der Waals surface area contributed by atoms with Crippen molar-refractivity contribution in [3.05, 3.63) is 89.5 Å². The second-order valence-corrected chi connectivity index (χ2v) is 12.2. The van der Waals surface area contributed by atoms with Gasteiger partial charge in [0.05, 0.1) is 0 Å². The molecule has 202 valence electrons. The molecule has 7 N–H and O–H groups in total. The molecule has 3 aromatic rings. The van der Waals surface area contributed by atoms with Crippen molar-refractivity contribution in [2.45, 2.75) is 51.5 Å². The molecule has 0 heterocycles. The minimum absolute atomic E-state index is 0.211. The Bertz CT molecular complexity index is 1160. The zero-order valence-electron chi connectivity index (χ0n) is 20.9. The van der Waals surface area contributed by atoms with Crippen molar-refractivity contribution >= 4 is 17.9 Å². The van der Waals surface area contributed by atoms with Crippen LogP contribution in [0.3, 0.4) is 0 Å². The van der Waals surface area contributed by atoms with E-state index in [9.17, 15) is 30.4 Å². The van der Waals surface area contributed by atoms with Crippen LogP contribution in [0.1, 0.15) is 16.7 Å². The number of aryl methyl sites for hydroxylation is 3. The first-order valence-corrected chi connectivity index (χ1v) is 13.8. The first-order valence-electron chi connectivity index (χ1n) is 11.8. The van der Waals surface area contributed by atoms with Gasteiger partial charge in [0.2, 0.25) is 0 Å². The van der Waals surface area contributed by atoms with Crippen LogP contribution in [0.15, 0.2) is 72.8 Å². The molecule has 5 atom stereocenters. The molecule has 3 aromatic carbocycles. The second-order valence-electron chi connectivity index (χ2n) is 9.06. The predicted octanol–water partition coefficient (Wildman–Crippen LogP) is 0.703. The van der Waals surface area contributed by atoms with Crippen molar-refractivity contribution in [3.63, 3.8) is 0 Å². The summed E-state index contributed by atoms with van der Waals surface area (Å²) in [6.07, 6.45) is -10.5. The van der Waals surface area contributed by atoms with Crippen molar-refractivity contribution in [3.8, 4) is 5.75 Å². The Labute approximate surface area is 216 Å². The van der Waals surface area contributed by atoms with Gasteiger partial charge in [0.25, 0.3) is 0 Å². The third-order valence-electron chi connectivity index (χ3n) is 6.32. The van der Waals surface area contributed by atoms with Crippen molar-refractivity contribution in [2.24, 2.45) is 0 Å². The van der Waals surface area contributed by atoms with E-state index in [2.05, 4.69) is 0 Å². The Hall–Kier alpha value is -2.43. The Morgan fingerprint density at radius 3 is 1.57 bits per heavy atom. The average molecular weight is 535 g/mol. The van der Waals surface area contributed by atoms with Crippen molar-refractivity contribution in [1.29, 1.82) is 0 Å². The van der Waals surface area contributed by atoms with E-state index in [4.69, 9.17) is 14.2 Å². The Balaban J connectivity index is 2.27. The van der Waals surface area contributed by atoms with E-state index < -0.39 is 44.6 Å². The maximum absolute atomic E-state index is 12.9. The summed E-state index contributed by atoms with van der Waals surface area (Å²) in [6.45, 7) is 4.34. The molecule has 0 radical (unpaired) electrons. The van der Waals surface area contributed by atoms with Gasteiger partial charge in [0.1, 0.15) is 0 Å². The zero-order chi connectivity index (χ0) is 27.4. The number of benzene rings is 3. The zero-order valence-corrected chi connectivity index (χ0v) is 21.8. The van der Waals surface area contributed by atoms with Crippen LogP contribution in [-0.4, -0.2) is 72.8 Å². The quantitative estimate of drug-likeness (QED) is 0.139. The van der Waals surface area contributed by atoms with E-state index in [0.29, 0.717) is 16.7 Å². The van der Waals surface area contributed by atoms with Crippen LogP contribution < -0.4 is 15.1 Å². The number of hydrogen-bond donors (Lipinski definition) is 7. The minimum atomic E-state index is -5.39. The molecule has 0 aliphatic rings. The fraction of sp³-hybridized carbons (Fsp3) is 0.333. The second kappa shape index (κ2) is 11.5. The van der Waals surface area contributed by atoms with Gasteiger partial charge >= 0.3 is 216 Å². The summed E-state index contributed by atoms with van der Waals surface area (Å²) in [5.41, 5.74) is 1.79. The standard InChI is InChI=1S/C27H35O9P/c1-17-10-4-7-13-21(17)35-37(34,22-14-8-5-11-18(22)2,23-15-9-6-12-19(23)3)36-27(33)26(32)25(31)24(30)20(29)16-28/h4-15,20,24-34H,16H2,1-3H3/t20-,24-,25+,26-,27?/m1/s1. The molecule has 0 aromatic heterocycles. The summed E-state index contributed by atoms with van der Waals surface area (Å²) >= 11 is 0. The number of para-hydroxylation sites is 1. The summed E-state index contributed by atoms with van der Waals surface area (Å²) in [7, 11) is -5.39. The molecule has 0 spiro atoms. The molecule has 0 saturated heterocycles. The number of hydrogen-bond acceptors (Lipinski definition) is 9. The Morgan fingerprint density at radius 1 is 0.649 bits per heavy atom. The topological polar surface area (TPSA) is 160 Å². The van der Waals surface area contributed by atoms with Gasteiger partial charge in [-0.2, -0.15) is 0 Å². The molecular weight excluding hydrogens is 499 g/mol. The van der Waals surface area contributed by atoms with Crippen LogP contribution in [0, 0.1) is 20.8 Å². The van der Waals surface area contributed by atoms with E-state index in [0.717, 1.165) is 0 Å². The molecule has 0 amide bonds. The third kappa shape index (κ3) is 5.71. The van der Waals surface area contributed by atoms with Crippen LogP contribution in [0.4, 0.5) is 0 Å². The third-order valence-corrected chi connectivity index (χ3v) is 10.2. The van der Waals surface area contributed by atoms with Gasteiger partial charge in [-0.1, -0.05) is 0 Å².